The number of allylic oxidation sites excluding steroid dienone is 20. The number of phosphoric ester groups is 1. The Balaban J connectivity index is 4.79. The number of hydrogen-bond acceptors (Lipinski definition) is 10. The van der Waals surface area contributed by atoms with Crippen molar-refractivity contribution in [2.45, 2.75) is 264 Å². The standard InChI is InChI=1S/C68H113O11P/c1-4-7-10-13-16-19-22-25-28-30-32-34-37-39-42-45-48-51-54-57-66(70)75-61-65(79-68(72)59-56-53-50-47-44-41-38-35-33-31-29-26-23-20-17-14-11-8-5-2)63-77-80(73,74)76-62-64(60-69)78-67(71)58-55-52-49-46-43-40-36-27-24-21-18-15-12-9-6-3/h7-8,10-11,16-21,25-29,32-36,64-65,69H,4-6,9,12-15,22-24,30-31,37-63H2,1-3H3,(H,73,74)/b10-7-,11-8-,19-16-,20-17-,21-18-,28-25-,29-26-,34-32-,35-33-,36-27-. The molecule has 0 rings (SSSR count). The highest BCUT2D eigenvalue weighted by molar-refractivity contribution is 7.47. The molecule has 0 aromatic rings. The first-order valence-corrected chi connectivity index (χ1v) is 32.9. The van der Waals surface area contributed by atoms with Crippen LogP contribution in [0.25, 0.3) is 0 Å². The predicted molar refractivity (Wildman–Crippen MR) is 334 cm³/mol. The first-order chi connectivity index (χ1) is 39.2. The number of hydrogen-bond donors (Lipinski definition) is 2. The second-order valence-electron chi connectivity index (χ2n) is 20.5. The van der Waals surface area contributed by atoms with Crippen molar-refractivity contribution in [1.29, 1.82) is 0 Å². The molecule has 0 aliphatic carbocycles. The van der Waals surface area contributed by atoms with Crippen LogP contribution in [0.5, 0.6) is 0 Å². The summed E-state index contributed by atoms with van der Waals surface area (Å²) in [4.78, 5) is 48.7. The maximum atomic E-state index is 13.0. The van der Waals surface area contributed by atoms with Gasteiger partial charge in [0.15, 0.2) is 6.10 Å². The molecule has 0 bridgehead atoms. The molecule has 0 radical (unpaired) electrons. The SMILES string of the molecule is CC/C=C\C/C=C\C/C=C\C/C=C\CCCCCCCCC(=O)OCC(COP(=O)(O)OCC(CO)OC(=O)CCCCCCC/C=C\C/C=C\CCCCC)OC(=O)CCCCCCCC/C=C\C/C=C\C/C=C\C/C=C\CC. The van der Waals surface area contributed by atoms with Crippen LogP contribution in [0.15, 0.2) is 122 Å². The van der Waals surface area contributed by atoms with Crippen LogP contribution in [0.3, 0.4) is 0 Å². The summed E-state index contributed by atoms with van der Waals surface area (Å²) in [5.74, 6) is -1.52. The molecular weight excluding hydrogens is 1020 g/mol. The second-order valence-corrected chi connectivity index (χ2v) is 21.9. The highest BCUT2D eigenvalue weighted by atomic mass is 31.2. The zero-order chi connectivity index (χ0) is 58.3. The summed E-state index contributed by atoms with van der Waals surface area (Å²) in [7, 11) is -4.77. The number of esters is 3. The molecule has 0 aromatic heterocycles. The number of ether oxygens (including phenoxy) is 3. The molecule has 12 heteroatoms. The largest absolute Gasteiger partial charge is 0.472 e. The summed E-state index contributed by atoms with van der Waals surface area (Å²) < 4.78 is 39.6. The molecule has 3 unspecified atom stereocenters. The maximum Gasteiger partial charge on any atom is 0.472 e. The number of rotatable bonds is 57. The Labute approximate surface area is 487 Å². The maximum absolute atomic E-state index is 13.0. The van der Waals surface area contributed by atoms with Gasteiger partial charge in [-0.15, -0.1) is 0 Å². The third-order valence-corrected chi connectivity index (χ3v) is 13.8. The molecule has 2 N–H and O–H groups in total. The van der Waals surface area contributed by atoms with Gasteiger partial charge in [0, 0.05) is 19.3 Å². The topological polar surface area (TPSA) is 155 Å². The van der Waals surface area contributed by atoms with Gasteiger partial charge in [0.2, 0.25) is 0 Å². The van der Waals surface area contributed by atoms with Crippen LogP contribution in [0.2, 0.25) is 0 Å². The molecule has 0 fully saturated rings. The third kappa shape index (κ3) is 58.5. The van der Waals surface area contributed by atoms with Gasteiger partial charge in [0.25, 0.3) is 0 Å². The van der Waals surface area contributed by atoms with Crippen molar-refractivity contribution in [2.75, 3.05) is 26.4 Å². The Hall–Kier alpha value is -4.12. The summed E-state index contributed by atoms with van der Waals surface area (Å²) >= 11 is 0. The minimum Gasteiger partial charge on any atom is -0.462 e. The Morgan fingerprint density at radius 1 is 0.362 bits per heavy atom. The number of aliphatic hydroxyl groups excluding tert-OH is 1. The van der Waals surface area contributed by atoms with Crippen molar-refractivity contribution < 1.29 is 52.2 Å². The Morgan fingerprint density at radius 2 is 0.650 bits per heavy atom. The number of carbonyl (C=O) groups is 3. The molecular formula is C68H113O11P. The number of aliphatic hydroxyl groups is 1. The third-order valence-electron chi connectivity index (χ3n) is 12.8. The first-order valence-electron chi connectivity index (χ1n) is 31.4. The van der Waals surface area contributed by atoms with E-state index in [-0.39, 0.29) is 25.9 Å². The fourth-order valence-electron chi connectivity index (χ4n) is 8.13. The van der Waals surface area contributed by atoms with Crippen molar-refractivity contribution in [3.8, 4) is 0 Å². The molecule has 0 amide bonds. The molecule has 0 heterocycles. The molecule has 0 spiro atoms. The zero-order valence-electron chi connectivity index (χ0n) is 50.5. The Bertz CT molecular complexity index is 1800. The van der Waals surface area contributed by atoms with E-state index in [1.165, 1.54) is 19.3 Å². The van der Waals surface area contributed by atoms with E-state index in [0.717, 1.165) is 173 Å². The predicted octanol–water partition coefficient (Wildman–Crippen LogP) is 19.1. The summed E-state index contributed by atoms with van der Waals surface area (Å²) in [5, 5.41) is 9.84. The molecule has 0 aliphatic heterocycles. The number of unbranched alkanes of at least 4 members (excludes halogenated alkanes) is 20. The second kappa shape index (κ2) is 61.0. The van der Waals surface area contributed by atoms with E-state index >= 15 is 0 Å². The van der Waals surface area contributed by atoms with Crippen LogP contribution in [0.1, 0.15) is 252 Å². The van der Waals surface area contributed by atoms with Crippen LogP contribution in [-0.4, -0.2) is 66.5 Å². The van der Waals surface area contributed by atoms with E-state index in [1.807, 2.05) is 0 Å². The van der Waals surface area contributed by atoms with Gasteiger partial charge in [-0.25, -0.2) is 4.57 Å². The van der Waals surface area contributed by atoms with Crippen LogP contribution in [-0.2, 0) is 42.2 Å². The monoisotopic (exact) mass is 1140 g/mol. The number of phosphoric acid groups is 1. The van der Waals surface area contributed by atoms with Crippen molar-refractivity contribution >= 4 is 25.7 Å². The van der Waals surface area contributed by atoms with Gasteiger partial charge in [0.05, 0.1) is 19.8 Å². The van der Waals surface area contributed by atoms with Gasteiger partial charge in [-0.1, -0.05) is 226 Å². The molecule has 0 saturated heterocycles. The van der Waals surface area contributed by atoms with E-state index in [0.29, 0.717) is 19.3 Å². The normalized spacial score (nSPS) is 14.1. The molecule has 11 nitrogen and oxygen atoms in total. The fraction of sp³-hybridized carbons (Fsp3) is 0.662. The van der Waals surface area contributed by atoms with Crippen molar-refractivity contribution in [3.63, 3.8) is 0 Å². The summed E-state index contributed by atoms with van der Waals surface area (Å²) in [6.45, 7) is 4.35. The summed E-state index contributed by atoms with van der Waals surface area (Å²) in [6.07, 6.45) is 75.7. The van der Waals surface area contributed by atoms with Gasteiger partial charge in [0.1, 0.15) is 12.7 Å². The molecule has 0 aromatic carbocycles. The van der Waals surface area contributed by atoms with E-state index in [2.05, 4.69) is 142 Å². The molecule has 3 atom stereocenters. The van der Waals surface area contributed by atoms with E-state index in [4.69, 9.17) is 23.3 Å². The van der Waals surface area contributed by atoms with Crippen LogP contribution >= 0.6 is 7.82 Å². The first kappa shape index (κ1) is 75.9. The minimum atomic E-state index is -4.77. The zero-order valence-corrected chi connectivity index (χ0v) is 51.4. The lowest BCUT2D eigenvalue weighted by atomic mass is 10.1. The lowest BCUT2D eigenvalue weighted by molar-refractivity contribution is -0.161. The van der Waals surface area contributed by atoms with E-state index in [1.54, 1.807) is 0 Å². The van der Waals surface area contributed by atoms with Gasteiger partial charge in [-0.3, -0.25) is 23.4 Å². The van der Waals surface area contributed by atoms with Gasteiger partial charge >= 0.3 is 25.7 Å². The highest BCUT2D eigenvalue weighted by Gasteiger charge is 2.28. The molecule has 0 aliphatic rings. The summed E-state index contributed by atoms with van der Waals surface area (Å²) in [6, 6.07) is 0. The average Bonchev–Trinajstić information content (AvgIpc) is 3.45. The average molecular weight is 1140 g/mol. The van der Waals surface area contributed by atoms with Crippen LogP contribution in [0.4, 0.5) is 0 Å². The van der Waals surface area contributed by atoms with Crippen molar-refractivity contribution in [1.82, 2.24) is 0 Å². The van der Waals surface area contributed by atoms with Crippen molar-refractivity contribution in [2.24, 2.45) is 0 Å². The lowest BCUT2D eigenvalue weighted by Gasteiger charge is -2.21. The fourth-order valence-corrected chi connectivity index (χ4v) is 8.92. The molecule has 0 saturated carbocycles. The summed E-state index contributed by atoms with van der Waals surface area (Å²) in [5.41, 5.74) is 0. The van der Waals surface area contributed by atoms with E-state index in [9.17, 15) is 28.9 Å². The lowest BCUT2D eigenvalue weighted by Crippen LogP contribution is -2.30. The van der Waals surface area contributed by atoms with Gasteiger partial charge in [-0.05, 0) is 128 Å². The van der Waals surface area contributed by atoms with Crippen molar-refractivity contribution in [3.05, 3.63) is 122 Å². The van der Waals surface area contributed by atoms with Crippen LogP contribution < -0.4 is 0 Å². The smallest absolute Gasteiger partial charge is 0.462 e. The number of carbonyl (C=O) groups excluding carboxylic acids is 3. The molecule has 456 valence electrons. The highest BCUT2D eigenvalue weighted by Crippen LogP contribution is 2.43. The van der Waals surface area contributed by atoms with E-state index < -0.39 is 57.8 Å². The Kier molecular flexibility index (Phi) is 57.8. The molecule has 80 heavy (non-hydrogen) atoms. The van der Waals surface area contributed by atoms with Gasteiger partial charge < -0.3 is 24.2 Å². The van der Waals surface area contributed by atoms with Crippen LogP contribution in [0, 0.1) is 0 Å². The Morgan fingerprint density at radius 3 is 1.00 bits per heavy atom. The minimum absolute atomic E-state index is 0.141. The quantitative estimate of drug-likeness (QED) is 0.0197. The van der Waals surface area contributed by atoms with Gasteiger partial charge in [-0.2, -0.15) is 0 Å².